The summed E-state index contributed by atoms with van der Waals surface area (Å²) in [4.78, 5) is -0.0597. The molecule has 348 valence electrons. The molecular weight excluding hydrogens is 900 g/mol. The summed E-state index contributed by atoms with van der Waals surface area (Å²) in [5.41, 5.74) is 4.92. The van der Waals surface area contributed by atoms with Crippen molar-refractivity contribution in [3.05, 3.63) is 82.9 Å². The Hall–Kier alpha value is -6.33. The Morgan fingerprint density at radius 2 is 1.12 bits per heavy atom. The van der Waals surface area contributed by atoms with E-state index in [0.717, 1.165) is 5.56 Å². The lowest BCUT2D eigenvalue weighted by molar-refractivity contribution is 0.178. The summed E-state index contributed by atoms with van der Waals surface area (Å²) in [6, 6.07) is 15.8. The third-order valence-corrected chi connectivity index (χ3v) is 11.7. The molecule has 0 amide bonds. The zero-order chi connectivity index (χ0) is 46.3. The number of phenolic OH excluding ortho intramolecular Hbond substituents is 2. The maximum Gasteiger partial charge on any atom is 0.288 e. The number of hydrogen-bond donors (Lipinski definition) is 3. The fourth-order valence-electron chi connectivity index (χ4n) is 5.55. The summed E-state index contributed by atoms with van der Waals surface area (Å²) in [6.45, 7) is 1.76. The summed E-state index contributed by atoms with van der Waals surface area (Å²) >= 11 is 5.74. The molecule has 2 aliphatic heterocycles. The van der Waals surface area contributed by atoms with E-state index in [4.69, 9.17) is 49.5 Å². The lowest BCUT2D eigenvalue weighted by Gasteiger charge is -2.19. The van der Waals surface area contributed by atoms with Crippen molar-refractivity contribution in [2.45, 2.75) is 17.2 Å². The van der Waals surface area contributed by atoms with Crippen LogP contribution < -0.4 is 33.8 Å². The molecule has 20 nitrogen and oxygen atoms in total. The van der Waals surface area contributed by atoms with Crippen molar-refractivity contribution in [2.24, 2.45) is 19.0 Å². The van der Waals surface area contributed by atoms with E-state index in [1.165, 1.54) is 85.3 Å². The highest BCUT2D eigenvalue weighted by Gasteiger charge is 2.36. The van der Waals surface area contributed by atoms with Crippen molar-refractivity contribution in [2.75, 3.05) is 83.2 Å². The number of ether oxygens (including phenoxy) is 8. The topological polar surface area (TPSA) is 247 Å². The second kappa shape index (κ2) is 23.9. The Morgan fingerprint density at radius 3 is 1.62 bits per heavy atom. The minimum absolute atomic E-state index is 0. The van der Waals surface area contributed by atoms with Crippen LogP contribution in [0.25, 0.3) is 0 Å². The van der Waals surface area contributed by atoms with Crippen molar-refractivity contribution >= 4 is 55.1 Å². The van der Waals surface area contributed by atoms with Crippen LogP contribution in [0.2, 0.25) is 0 Å². The molecule has 2 aliphatic rings. The zero-order valence-corrected chi connectivity index (χ0v) is 37.9. The fourth-order valence-corrected chi connectivity index (χ4v) is 8.60. The number of rotatable bonds is 16. The normalized spacial score (nSPS) is 13.7. The molecule has 0 spiro atoms. The molecular formula is C41H51ClN6O14S2. The van der Waals surface area contributed by atoms with Gasteiger partial charge in [0.1, 0.15) is 32.8 Å². The van der Waals surface area contributed by atoms with Crippen molar-refractivity contribution in [1.82, 2.24) is 10.4 Å². The van der Waals surface area contributed by atoms with E-state index < -0.39 is 20.0 Å². The summed E-state index contributed by atoms with van der Waals surface area (Å²) < 4.78 is 96.8. The Bertz CT molecular complexity index is 2590. The van der Waals surface area contributed by atoms with Crippen LogP contribution in [0.5, 0.6) is 46.0 Å². The molecule has 64 heavy (non-hydrogen) atoms. The van der Waals surface area contributed by atoms with E-state index in [0.29, 0.717) is 47.1 Å². The SMILES string of the molecule is C.COCCN(/N=C/c1ccc(O)c(OC)c1)C1=NS(=O)(=O)c2c(OC)cc(OC)cc21.COCCN/N=C/c1ccc(O)c(OC)c1.COc1cc(OC)c2c(c1)C(Cl)=NS2(=O)=O. The first kappa shape index (κ1) is 52.0. The number of hydrazone groups is 2. The van der Waals surface area contributed by atoms with Gasteiger partial charge in [0.05, 0.1) is 81.4 Å². The van der Waals surface area contributed by atoms with Crippen molar-refractivity contribution in [1.29, 1.82) is 0 Å². The van der Waals surface area contributed by atoms with Gasteiger partial charge >= 0.3 is 0 Å². The number of nitrogens with zero attached hydrogens (tertiary/aromatic N) is 5. The minimum atomic E-state index is -3.99. The number of benzene rings is 4. The van der Waals surface area contributed by atoms with E-state index in [1.54, 1.807) is 49.7 Å². The molecule has 3 N–H and O–H groups in total. The Balaban J connectivity index is 0.000000278. The Morgan fingerprint density at radius 1 is 0.641 bits per heavy atom. The monoisotopic (exact) mass is 950 g/mol. The first-order valence-corrected chi connectivity index (χ1v) is 21.5. The highest BCUT2D eigenvalue weighted by atomic mass is 35.5. The molecule has 0 bridgehead atoms. The lowest BCUT2D eigenvalue weighted by atomic mass is 10.1. The van der Waals surface area contributed by atoms with Crippen LogP contribution in [0.3, 0.4) is 0 Å². The minimum Gasteiger partial charge on any atom is -0.504 e. The second-order valence-corrected chi connectivity index (χ2v) is 16.0. The summed E-state index contributed by atoms with van der Waals surface area (Å²) in [5.74, 6) is 2.13. The molecule has 0 radical (unpaired) electrons. The van der Waals surface area contributed by atoms with E-state index in [9.17, 15) is 27.0 Å². The number of aromatic hydroxyl groups is 2. The van der Waals surface area contributed by atoms with Crippen LogP contribution >= 0.6 is 11.6 Å². The molecule has 0 aliphatic carbocycles. The van der Waals surface area contributed by atoms with Gasteiger partial charge in [0.2, 0.25) is 0 Å². The lowest BCUT2D eigenvalue weighted by Crippen LogP contribution is -2.29. The second-order valence-electron chi connectivity index (χ2n) is 12.5. The number of amidine groups is 1. The maximum absolute atomic E-state index is 12.8. The van der Waals surface area contributed by atoms with Gasteiger partial charge in [-0.25, -0.2) is 5.01 Å². The average Bonchev–Trinajstić information content (AvgIpc) is 3.69. The number of halogens is 1. The molecule has 0 aromatic heterocycles. The summed E-state index contributed by atoms with van der Waals surface area (Å²) in [5, 5.41) is 28.9. The number of phenols is 2. The van der Waals surface area contributed by atoms with Gasteiger partial charge in [0.15, 0.2) is 34.0 Å². The Labute approximate surface area is 377 Å². The fraction of sp³-hybridized carbons (Fsp3) is 0.317. The van der Waals surface area contributed by atoms with Crippen LogP contribution in [-0.4, -0.2) is 139 Å². The smallest absolute Gasteiger partial charge is 0.288 e. The molecule has 2 heterocycles. The van der Waals surface area contributed by atoms with E-state index >= 15 is 0 Å². The van der Waals surface area contributed by atoms with Crippen molar-refractivity contribution in [3.63, 3.8) is 0 Å². The first-order chi connectivity index (χ1) is 30.1. The summed E-state index contributed by atoms with van der Waals surface area (Å²) in [6.07, 6.45) is 3.15. The van der Waals surface area contributed by atoms with Crippen LogP contribution in [0.15, 0.2) is 89.5 Å². The van der Waals surface area contributed by atoms with Gasteiger partial charge in [-0.3, -0.25) is 0 Å². The quantitative estimate of drug-likeness (QED) is 0.0772. The van der Waals surface area contributed by atoms with E-state index in [2.05, 4.69) is 24.4 Å². The largest absolute Gasteiger partial charge is 0.504 e. The van der Waals surface area contributed by atoms with Gasteiger partial charge < -0.3 is 53.5 Å². The highest BCUT2D eigenvalue weighted by molar-refractivity contribution is 7.91. The molecule has 0 saturated heterocycles. The van der Waals surface area contributed by atoms with E-state index in [-0.39, 0.29) is 70.1 Å². The summed E-state index contributed by atoms with van der Waals surface area (Å²) in [7, 11) is 4.06. The number of methoxy groups -OCH3 is 8. The number of sulfonamides is 2. The predicted molar refractivity (Wildman–Crippen MR) is 242 cm³/mol. The van der Waals surface area contributed by atoms with Crippen LogP contribution in [0, 0.1) is 0 Å². The number of nitrogens with one attached hydrogen (secondary N) is 1. The molecule has 0 saturated carbocycles. The third-order valence-electron chi connectivity index (χ3n) is 8.58. The third kappa shape index (κ3) is 12.9. The molecule has 4 aromatic carbocycles. The van der Waals surface area contributed by atoms with Gasteiger partial charge in [0, 0.05) is 37.5 Å². The van der Waals surface area contributed by atoms with Crippen LogP contribution in [-0.2, 0) is 29.5 Å². The Kier molecular flexibility index (Phi) is 19.4. The molecule has 0 atom stereocenters. The molecule has 23 heteroatoms. The maximum atomic E-state index is 12.8. The van der Waals surface area contributed by atoms with Crippen molar-refractivity contribution in [3.8, 4) is 46.0 Å². The average molecular weight is 951 g/mol. The molecule has 6 rings (SSSR count). The standard InChI is InChI=1S/C20H23N3O7S.C11H16N2O3.C9H8ClNO4S.CH4/c1-27-8-7-23(21-12-13-5-6-16(24)17(9-13)29-3)20-15-10-14(28-2)11-18(30-4)19(15)31(25,26)22-20;1-15-6-5-12-13-8-9-3-4-10(14)11(7-9)16-2;1-14-5-3-6-8(7(4-5)15-2)16(12,13)11-9(6)10;/h5-6,9-12,24H,7-8H2,1-4H3;3-4,7-8,12,14H,5-6H2,1-2H3;3-4H,1-2H3;1H4/b21-12+;13-8+;;. The molecule has 0 fully saturated rings. The number of hydrogen-bond acceptors (Lipinski definition) is 18. The highest BCUT2D eigenvalue weighted by Crippen LogP contribution is 2.40. The van der Waals surface area contributed by atoms with Crippen LogP contribution in [0.1, 0.15) is 29.7 Å². The van der Waals surface area contributed by atoms with Crippen LogP contribution in [0.4, 0.5) is 0 Å². The molecule has 0 unspecified atom stereocenters. The van der Waals surface area contributed by atoms with Crippen molar-refractivity contribution < 1.29 is 64.9 Å². The van der Waals surface area contributed by atoms with Gasteiger partial charge in [-0.1, -0.05) is 19.0 Å². The van der Waals surface area contributed by atoms with Gasteiger partial charge in [0.25, 0.3) is 20.0 Å². The molecule has 4 aromatic rings. The van der Waals surface area contributed by atoms with Gasteiger partial charge in [-0.15, -0.1) is 8.80 Å². The predicted octanol–water partition coefficient (Wildman–Crippen LogP) is 4.85. The van der Waals surface area contributed by atoms with Gasteiger partial charge in [-0.05, 0) is 59.7 Å². The van der Waals surface area contributed by atoms with Gasteiger partial charge in [-0.2, -0.15) is 27.0 Å². The number of fused-ring (bicyclic) bond motifs is 2. The van der Waals surface area contributed by atoms with E-state index in [1.807, 2.05) is 0 Å². The first-order valence-electron chi connectivity index (χ1n) is 18.3. The zero-order valence-electron chi connectivity index (χ0n) is 35.5.